The topological polar surface area (TPSA) is 102 Å². The van der Waals surface area contributed by atoms with Crippen LogP contribution in [0.25, 0.3) is 0 Å². The van der Waals surface area contributed by atoms with Crippen LogP contribution in [0.2, 0.25) is 5.02 Å². The zero-order valence-corrected chi connectivity index (χ0v) is 12.1. The highest BCUT2D eigenvalue weighted by molar-refractivity contribution is 6.30. The summed E-state index contributed by atoms with van der Waals surface area (Å²) in [6.45, 7) is 0.336. The fourth-order valence-electron chi connectivity index (χ4n) is 1.82. The van der Waals surface area contributed by atoms with Gasteiger partial charge >= 0.3 is 0 Å². The summed E-state index contributed by atoms with van der Waals surface area (Å²) in [5, 5.41) is 17.5. The number of benzene rings is 1. The molecule has 0 unspecified atom stereocenters. The third kappa shape index (κ3) is 3.79. The van der Waals surface area contributed by atoms with Crippen LogP contribution in [0, 0.1) is 0 Å². The molecule has 0 bridgehead atoms. The van der Waals surface area contributed by atoms with E-state index in [1.165, 1.54) is 17.9 Å². The number of phenols is 1. The van der Waals surface area contributed by atoms with Gasteiger partial charge < -0.3 is 20.9 Å². The number of ether oxygens (including phenoxy) is 1. The summed E-state index contributed by atoms with van der Waals surface area (Å²) in [6, 6.07) is 3.17. The van der Waals surface area contributed by atoms with Gasteiger partial charge in [0.05, 0.1) is 19.0 Å². The Morgan fingerprint density at radius 1 is 1.57 bits per heavy atom. The first-order valence-corrected chi connectivity index (χ1v) is 6.47. The fourth-order valence-corrected chi connectivity index (χ4v) is 2.05. The smallest absolute Gasteiger partial charge is 0.239 e. The predicted molar refractivity (Wildman–Crippen MR) is 78.4 cm³/mol. The van der Waals surface area contributed by atoms with Gasteiger partial charge in [-0.25, -0.2) is 0 Å². The number of rotatable bonds is 6. The molecule has 1 amide bonds. The lowest BCUT2D eigenvalue weighted by atomic mass is 10.2. The van der Waals surface area contributed by atoms with Crippen LogP contribution in [0.15, 0.2) is 24.5 Å². The molecule has 0 atom stereocenters. The van der Waals surface area contributed by atoms with Crippen LogP contribution in [0.1, 0.15) is 5.56 Å². The van der Waals surface area contributed by atoms with E-state index in [1.807, 2.05) is 0 Å². The zero-order chi connectivity index (χ0) is 15.4. The molecular formula is C13H15ClN4O3. The van der Waals surface area contributed by atoms with Crippen molar-refractivity contribution in [3.63, 3.8) is 0 Å². The van der Waals surface area contributed by atoms with Crippen molar-refractivity contribution < 1.29 is 14.6 Å². The van der Waals surface area contributed by atoms with Crippen molar-refractivity contribution in [1.82, 2.24) is 9.78 Å². The predicted octanol–water partition coefficient (Wildman–Crippen LogP) is 1.35. The summed E-state index contributed by atoms with van der Waals surface area (Å²) >= 11 is 5.96. The van der Waals surface area contributed by atoms with E-state index < -0.39 is 5.91 Å². The largest absolute Gasteiger partial charge is 0.504 e. The van der Waals surface area contributed by atoms with Crippen molar-refractivity contribution in [2.75, 3.05) is 12.4 Å². The molecule has 112 valence electrons. The van der Waals surface area contributed by atoms with Gasteiger partial charge in [-0.05, 0) is 6.07 Å². The second kappa shape index (κ2) is 6.36. The number of methoxy groups -OCH3 is 1. The van der Waals surface area contributed by atoms with Gasteiger partial charge in [0.15, 0.2) is 11.5 Å². The number of aromatic hydroxyl groups is 1. The molecule has 2 rings (SSSR count). The molecule has 0 radical (unpaired) electrons. The highest BCUT2D eigenvalue weighted by Gasteiger charge is 2.10. The van der Waals surface area contributed by atoms with Crippen molar-refractivity contribution in [3.05, 3.63) is 35.1 Å². The van der Waals surface area contributed by atoms with Crippen LogP contribution >= 0.6 is 11.6 Å². The van der Waals surface area contributed by atoms with Crippen LogP contribution in [0.4, 0.5) is 5.69 Å². The second-order valence-corrected chi connectivity index (χ2v) is 4.80. The maximum Gasteiger partial charge on any atom is 0.239 e. The van der Waals surface area contributed by atoms with Gasteiger partial charge in [0.1, 0.15) is 6.54 Å². The number of carbonyl (C=O) groups excluding carboxylic acids is 1. The first-order chi connectivity index (χ1) is 9.99. The average Bonchev–Trinajstić information content (AvgIpc) is 2.86. The van der Waals surface area contributed by atoms with E-state index in [9.17, 15) is 9.90 Å². The summed E-state index contributed by atoms with van der Waals surface area (Å²) in [5.74, 6) is -0.135. The SMILES string of the molecule is COc1cc(Cl)cc(CNc2cnn(CC(N)=O)c2)c1O. The molecule has 1 aromatic heterocycles. The van der Waals surface area contributed by atoms with E-state index in [-0.39, 0.29) is 12.3 Å². The van der Waals surface area contributed by atoms with E-state index in [1.54, 1.807) is 18.5 Å². The Labute approximate surface area is 126 Å². The Morgan fingerprint density at radius 3 is 3.00 bits per heavy atom. The minimum absolute atomic E-state index is 0.0118. The summed E-state index contributed by atoms with van der Waals surface area (Å²) in [4.78, 5) is 10.8. The Hall–Kier alpha value is -2.41. The van der Waals surface area contributed by atoms with Gasteiger partial charge in [0, 0.05) is 29.4 Å². The number of nitrogens with one attached hydrogen (secondary N) is 1. The molecule has 0 fully saturated rings. The van der Waals surface area contributed by atoms with Crippen molar-refractivity contribution >= 4 is 23.2 Å². The number of amides is 1. The Kier molecular flexibility index (Phi) is 4.54. The molecule has 4 N–H and O–H groups in total. The molecule has 0 saturated heterocycles. The third-order valence-corrected chi connectivity index (χ3v) is 2.99. The molecule has 8 heteroatoms. The minimum Gasteiger partial charge on any atom is -0.504 e. The number of hydrogen-bond donors (Lipinski definition) is 3. The highest BCUT2D eigenvalue weighted by atomic mass is 35.5. The number of aromatic nitrogens is 2. The van der Waals surface area contributed by atoms with Gasteiger partial charge in [-0.15, -0.1) is 0 Å². The van der Waals surface area contributed by atoms with Gasteiger partial charge in [-0.3, -0.25) is 9.48 Å². The Balaban J connectivity index is 2.07. The highest BCUT2D eigenvalue weighted by Crippen LogP contribution is 2.33. The van der Waals surface area contributed by atoms with Gasteiger partial charge in [-0.2, -0.15) is 5.10 Å². The lowest BCUT2D eigenvalue weighted by molar-refractivity contribution is -0.118. The van der Waals surface area contributed by atoms with Crippen LogP contribution in [-0.4, -0.2) is 27.9 Å². The number of nitrogens with zero attached hydrogens (tertiary/aromatic N) is 2. The summed E-state index contributed by atoms with van der Waals surface area (Å²) < 4.78 is 6.46. The number of primary amides is 1. The average molecular weight is 311 g/mol. The Morgan fingerprint density at radius 2 is 2.33 bits per heavy atom. The number of phenolic OH excluding ortho intramolecular Hbond substituents is 1. The lowest BCUT2D eigenvalue weighted by Gasteiger charge is -2.10. The van der Waals surface area contributed by atoms with Crippen LogP contribution in [-0.2, 0) is 17.9 Å². The van der Waals surface area contributed by atoms with E-state index in [2.05, 4.69) is 10.4 Å². The van der Waals surface area contributed by atoms with Crippen molar-refractivity contribution in [3.8, 4) is 11.5 Å². The van der Waals surface area contributed by atoms with Crippen LogP contribution in [0.5, 0.6) is 11.5 Å². The molecule has 1 heterocycles. The molecule has 0 aliphatic heterocycles. The van der Waals surface area contributed by atoms with Crippen molar-refractivity contribution in [2.45, 2.75) is 13.1 Å². The fraction of sp³-hybridized carbons (Fsp3) is 0.231. The third-order valence-electron chi connectivity index (χ3n) is 2.77. The number of nitrogens with two attached hydrogens (primary N) is 1. The number of carbonyl (C=O) groups is 1. The molecule has 0 saturated carbocycles. The van der Waals surface area contributed by atoms with Crippen molar-refractivity contribution in [2.24, 2.45) is 5.73 Å². The molecular weight excluding hydrogens is 296 g/mol. The van der Waals surface area contributed by atoms with E-state index in [4.69, 9.17) is 22.1 Å². The zero-order valence-electron chi connectivity index (χ0n) is 11.3. The normalized spacial score (nSPS) is 10.4. The van der Waals surface area contributed by atoms with Gasteiger partial charge in [-0.1, -0.05) is 11.6 Å². The summed E-state index contributed by atoms with van der Waals surface area (Å²) in [7, 11) is 1.45. The van der Waals surface area contributed by atoms with Gasteiger partial charge in [0.25, 0.3) is 0 Å². The second-order valence-electron chi connectivity index (χ2n) is 4.36. The van der Waals surface area contributed by atoms with E-state index in [0.29, 0.717) is 28.6 Å². The standard InChI is InChI=1S/C13H15ClN4O3/c1-21-11-3-9(14)2-8(13(11)20)4-16-10-5-17-18(6-10)7-12(15)19/h2-3,5-6,16,20H,4,7H2,1H3,(H2,15,19). The van der Waals surface area contributed by atoms with Crippen molar-refractivity contribution in [1.29, 1.82) is 0 Å². The first-order valence-electron chi connectivity index (χ1n) is 6.09. The van der Waals surface area contributed by atoms with E-state index in [0.717, 1.165) is 0 Å². The molecule has 1 aromatic carbocycles. The molecule has 21 heavy (non-hydrogen) atoms. The van der Waals surface area contributed by atoms with Crippen LogP contribution < -0.4 is 15.8 Å². The maximum absolute atomic E-state index is 10.8. The molecule has 0 aliphatic carbocycles. The molecule has 7 nitrogen and oxygen atoms in total. The first kappa shape index (κ1) is 15.0. The van der Waals surface area contributed by atoms with Crippen LogP contribution in [0.3, 0.4) is 0 Å². The number of halogens is 1. The molecule has 0 aliphatic rings. The molecule has 2 aromatic rings. The summed E-state index contributed by atoms with van der Waals surface area (Å²) in [5.41, 5.74) is 6.36. The minimum atomic E-state index is -0.470. The quantitative estimate of drug-likeness (QED) is 0.747. The van der Waals surface area contributed by atoms with Gasteiger partial charge in [0.2, 0.25) is 5.91 Å². The van der Waals surface area contributed by atoms with E-state index >= 15 is 0 Å². The number of anilines is 1. The molecule has 0 spiro atoms. The summed E-state index contributed by atoms with van der Waals surface area (Å²) in [6.07, 6.45) is 3.20. The number of hydrogen-bond acceptors (Lipinski definition) is 5. The Bertz CT molecular complexity index is 657. The monoisotopic (exact) mass is 310 g/mol. The maximum atomic E-state index is 10.8. The lowest BCUT2D eigenvalue weighted by Crippen LogP contribution is -2.18.